The van der Waals surface area contributed by atoms with Gasteiger partial charge in [-0.05, 0) is 26.8 Å². The first-order valence-electron chi connectivity index (χ1n) is 7.28. The zero-order valence-electron chi connectivity index (χ0n) is 11.8. The molecule has 2 bridgehead atoms. The molecule has 3 aliphatic rings. The summed E-state index contributed by atoms with van der Waals surface area (Å²) in [4.78, 5) is 15.4. The molecular weight excluding hydrogens is 278 g/mol. The van der Waals surface area contributed by atoms with Crippen LogP contribution in [0.4, 0.5) is 0 Å². The second kappa shape index (κ2) is 5.24. The van der Waals surface area contributed by atoms with Crippen LogP contribution in [0.1, 0.15) is 26.2 Å². The summed E-state index contributed by atoms with van der Waals surface area (Å²) in [5.74, 6) is 2.95. The number of piperidine rings is 1. The van der Waals surface area contributed by atoms with Crippen molar-refractivity contribution in [1.29, 1.82) is 0 Å². The van der Waals surface area contributed by atoms with E-state index >= 15 is 0 Å². The van der Waals surface area contributed by atoms with Crippen molar-refractivity contribution < 1.29 is 9.53 Å². The summed E-state index contributed by atoms with van der Waals surface area (Å²) < 4.78 is 5.89. The Morgan fingerprint density at radius 2 is 2.16 bits per heavy atom. The van der Waals surface area contributed by atoms with Crippen LogP contribution in [-0.2, 0) is 9.53 Å². The Kier molecular flexibility index (Phi) is 3.93. The van der Waals surface area contributed by atoms with Crippen molar-refractivity contribution in [2.75, 3.05) is 38.2 Å². The molecule has 3 nitrogen and oxygen atoms in total. The number of ketones is 1. The van der Waals surface area contributed by atoms with Crippen molar-refractivity contribution in [3.63, 3.8) is 0 Å². The van der Waals surface area contributed by atoms with Gasteiger partial charge in [-0.1, -0.05) is 6.42 Å². The number of thioether (sulfide) groups is 2. The minimum atomic E-state index is -0.313. The number of ether oxygens (including phenoxy) is 1. The van der Waals surface area contributed by atoms with Gasteiger partial charge in [-0.2, -0.15) is 0 Å². The second-order valence-electron chi connectivity index (χ2n) is 5.92. The first-order valence-corrected chi connectivity index (χ1v) is 9.25. The van der Waals surface area contributed by atoms with Gasteiger partial charge in [0.05, 0.1) is 5.41 Å². The predicted octanol–water partition coefficient (Wildman–Crippen LogP) is 2.46. The van der Waals surface area contributed by atoms with Crippen molar-refractivity contribution in [2.24, 2.45) is 11.3 Å². The van der Waals surface area contributed by atoms with E-state index in [1.165, 1.54) is 6.42 Å². The number of likely N-dealkylation sites (tertiary alicyclic amines) is 1. The molecule has 0 aromatic rings. The van der Waals surface area contributed by atoms with Gasteiger partial charge in [0.25, 0.3) is 0 Å². The molecule has 0 N–H and O–H groups in total. The van der Waals surface area contributed by atoms with Crippen LogP contribution in [0, 0.1) is 11.3 Å². The zero-order chi connectivity index (χ0) is 13.5. The number of hydrogen-bond donors (Lipinski definition) is 0. The number of Topliss-reactive ketones (excluding diaryl/α,β-unsaturated/α-hetero) is 1. The summed E-state index contributed by atoms with van der Waals surface area (Å²) in [6, 6.07) is 0. The quantitative estimate of drug-likeness (QED) is 0.799. The molecule has 1 aliphatic carbocycles. The summed E-state index contributed by atoms with van der Waals surface area (Å²) >= 11 is 3.76. The molecule has 2 atom stereocenters. The molecule has 2 saturated heterocycles. The standard InChI is InChI=1S/C14H23NO2S2/c1-3-17-14(18-7-8-19-14)13-6-4-5-11(12(13)16)9-15(2)10-13/h11H,3-10H2,1-2H3. The van der Waals surface area contributed by atoms with Crippen LogP contribution in [0.25, 0.3) is 0 Å². The van der Waals surface area contributed by atoms with E-state index in [4.69, 9.17) is 4.74 Å². The van der Waals surface area contributed by atoms with Gasteiger partial charge < -0.3 is 9.64 Å². The number of carbonyl (C=O) groups is 1. The van der Waals surface area contributed by atoms with Crippen LogP contribution in [0.2, 0.25) is 0 Å². The lowest BCUT2D eigenvalue weighted by Crippen LogP contribution is -2.63. The Hall–Kier alpha value is 0.290. The molecule has 19 heavy (non-hydrogen) atoms. The summed E-state index contributed by atoms with van der Waals surface area (Å²) in [7, 11) is 2.16. The fourth-order valence-electron chi connectivity index (χ4n) is 4.01. The summed E-state index contributed by atoms with van der Waals surface area (Å²) in [6.45, 7) is 4.57. The highest BCUT2D eigenvalue weighted by Gasteiger charge is 2.63. The molecule has 3 fully saturated rings. The maximum atomic E-state index is 13.0. The van der Waals surface area contributed by atoms with Crippen LogP contribution in [0.3, 0.4) is 0 Å². The molecule has 0 aromatic carbocycles. The van der Waals surface area contributed by atoms with Crippen LogP contribution in [0.5, 0.6) is 0 Å². The van der Waals surface area contributed by atoms with Crippen molar-refractivity contribution in [1.82, 2.24) is 4.90 Å². The highest BCUT2D eigenvalue weighted by Crippen LogP contribution is 2.61. The number of rotatable bonds is 3. The second-order valence-corrected chi connectivity index (χ2v) is 8.72. The Bertz CT molecular complexity index is 370. The van der Waals surface area contributed by atoms with E-state index in [2.05, 4.69) is 18.9 Å². The molecule has 2 aliphatic heterocycles. The Morgan fingerprint density at radius 3 is 2.84 bits per heavy atom. The van der Waals surface area contributed by atoms with Gasteiger partial charge in [-0.15, -0.1) is 23.5 Å². The maximum absolute atomic E-state index is 13.0. The average molecular weight is 301 g/mol. The topological polar surface area (TPSA) is 29.5 Å². The van der Waals surface area contributed by atoms with Crippen molar-refractivity contribution in [3.8, 4) is 0 Å². The van der Waals surface area contributed by atoms with Gasteiger partial charge >= 0.3 is 0 Å². The highest BCUT2D eigenvalue weighted by molar-refractivity contribution is 8.21. The monoisotopic (exact) mass is 301 g/mol. The molecule has 0 spiro atoms. The van der Waals surface area contributed by atoms with Gasteiger partial charge in [0, 0.05) is 37.1 Å². The highest BCUT2D eigenvalue weighted by atomic mass is 32.2. The van der Waals surface area contributed by atoms with E-state index < -0.39 is 0 Å². The summed E-state index contributed by atoms with van der Waals surface area (Å²) in [6.07, 6.45) is 3.26. The normalized spacial score (nSPS) is 38.6. The lowest BCUT2D eigenvalue weighted by Gasteiger charge is -2.54. The molecule has 2 unspecified atom stereocenters. The van der Waals surface area contributed by atoms with E-state index in [0.717, 1.165) is 37.4 Å². The third-order valence-electron chi connectivity index (χ3n) is 4.66. The van der Waals surface area contributed by atoms with Crippen molar-refractivity contribution in [2.45, 2.75) is 30.5 Å². The molecule has 3 rings (SSSR count). The molecule has 108 valence electrons. The Labute approximate surface area is 124 Å². The molecule has 0 radical (unpaired) electrons. The maximum Gasteiger partial charge on any atom is 0.174 e. The minimum Gasteiger partial charge on any atom is -0.354 e. The van der Waals surface area contributed by atoms with Crippen LogP contribution < -0.4 is 0 Å². The molecular formula is C14H23NO2S2. The number of hydrogen-bond acceptors (Lipinski definition) is 5. The largest absolute Gasteiger partial charge is 0.354 e. The van der Waals surface area contributed by atoms with Crippen molar-refractivity contribution >= 4 is 29.3 Å². The molecule has 1 saturated carbocycles. The third-order valence-corrected chi connectivity index (χ3v) is 8.22. The van der Waals surface area contributed by atoms with Crippen LogP contribution in [-0.4, -0.2) is 53.2 Å². The molecule has 2 heterocycles. The Balaban J connectivity index is 2.00. The average Bonchev–Trinajstić information content (AvgIpc) is 2.82. The number of fused-ring (bicyclic) bond motifs is 2. The summed E-state index contributed by atoms with van der Waals surface area (Å²) in [5, 5.41) is 0. The molecule has 0 amide bonds. The van der Waals surface area contributed by atoms with E-state index in [1.54, 1.807) is 0 Å². The fourth-order valence-corrected chi connectivity index (χ4v) is 7.54. The molecule has 0 aromatic heterocycles. The van der Waals surface area contributed by atoms with Crippen molar-refractivity contribution in [3.05, 3.63) is 0 Å². The van der Waals surface area contributed by atoms with Crippen LogP contribution >= 0.6 is 23.5 Å². The predicted molar refractivity (Wildman–Crippen MR) is 81.6 cm³/mol. The lowest BCUT2D eigenvalue weighted by molar-refractivity contribution is -0.154. The van der Waals surface area contributed by atoms with Crippen LogP contribution in [0.15, 0.2) is 0 Å². The first kappa shape index (κ1) is 14.2. The van der Waals surface area contributed by atoms with Gasteiger partial charge in [-0.3, -0.25) is 4.79 Å². The van der Waals surface area contributed by atoms with Gasteiger partial charge in [0.15, 0.2) is 4.27 Å². The SMILES string of the molecule is CCOC1(C23CCCC(CN(C)C2)C3=O)SCCS1. The summed E-state index contributed by atoms with van der Waals surface area (Å²) in [5.41, 5.74) is -0.273. The number of nitrogens with zero attached hydrogens (tertiary/aromatic N) is 1. The first-order chi connectivity index (χ1) is 9.13. The Morgan fingerprint density at radius 1 is 1.42 bits per heavy atom. The fraction of sp³-hybridized carbons (Fsp3) is 0.929. The third kappa shape index (κ3) is 2.08. The van der Waals surface area contributed by atoms with E-state index in [1.807, 2.05) is 23.5 Å². The minimum absolute atomic E-state index is 0.242. The lowest BCUT2D eigenvalue weighted by atomic mass is 9.65. The van der Waals surface area contributed by atoms with Gasteiger partial charge in [-0.25, -0.2) is 0 Å². The van der Waals surface area contributed by atoms with Gasteiger partial charge in [0.1, 0.15) is 5.78 Å². The molecule has 5 heteroatoms. The number of carbonyl (C=O) groups excluding carboxylic acids is 1. The van der Waals surface area contributed by atoms with E-state index in [0.29, 0.717) is 12.4 Å². The van der Waals surface area contributed by atoms with Gasteiger partial charge in [0.2, 0.25) is 0 Å². The zero-order valence-corrected chi connectivity index (χ0v) is 13.4. The van der Waals surface area contributed by atoms with E-state index in [9.17, 15) is 4.79 Å². The van der Waals surface area contributed by atoms with E-state index in [-0.39, 0.29) is 15.6 Å². The smallest absolute Gasteiger partial charge is 0.174 e.